The molecule has 10 nitrogen and oxygen atoms in total. The fourth-order valence-electron chi connectivity index (χ4n) is 2.16. The normalized spacial score (nSPS) is 9.97. The number of alkyl halides is 1. The van der Waals surface area contributed by atoms with E-state index in [9.17, 15) is 24.5 Å². The molecule has 0 radical (unpaired) electrons. The van der Waals surface area contributed by atoms with Crippen molar-refractivity contribution in [3.63, 3.8) is 0 Å². The lowest BCUT2D eigenvalue weighted by Crippen LogP contribution is -2.33. The first kappa shape index (κ1) is 22.1. The monoisotopic (exact) mass is 513 g/mol. The molecule has 2 aromatic carbocycles. The fraction of sp³-hybridized carbons (Fsp3) is 0.167. The Morgan fingerprint density at radius 1 is 1.03 bits per heavy atom. The minimum atomic E-state index is -0.837. The number of nitrogens with zero attached hydrogens (tertiary/aromatic N) is 1. The Bertz CT molecular complexity index is 903. The lowest BCUT2D eigenvalue weighted by molar-refractivity contribution is -0.384. The van der Waals surface area contributed by atoms with Gasteiger partial charge in [-0.2, -0.15) is 0 Å². The van der Waals surface area contributed by atoms with Crippen molar-refractivity contribution in [3.05, 3.63) is 69.8 Å². The predicted octanol–water partition coefficient (Wildman–Crippen LogP) is 3.01. The van der Waals surface area contributed by atoms with Crippen molar-refractivity contribution in [2.75, 3.05) is 16.5 Å². The Balaban J connectivity index is 1.81. The van der Waals surface area contributed by atoms with E-state index in [4.69, 9.17) is 9.47 Å². The SMILES string of the molecule is O=C(CNC(=O)OCc1ccc([N+](=O)[O-])cc1)Nc1ccccc1C(=O)OCI. The molecule has 2 N–H and O–H groups in total. The van der Waals surface area contributed by atoms with Crippen molar-refractivity contribution in [3.8, 4) is 0 Å². The Morgan fingerprint density at radius 2 is 1.72 bits per heavy atom. The number of nitrogens with one attached hydrogen (secondary N) is 2. The van der Waals surface area contributed by atoms with Crippen LogP contribution in [-0.4, -0.2) is 34.1 Å². The number of nitro benzene ring substituents is 1. The highest BCUT2D eigenvalue weighted by Gasteiger charge is 2.15. The summed E-state index contributed by atoms with van der Waals surface area (Å²) in [5.74, 6) is -1.14. The van der Waals surface area contributed by atoms with E-state index in [-0.39, 0.29) is 34.7 Å². The van der Waals surface area contributed by atoms with E-state index < -0.39 is 22.9 Å². The van der Waals surface area contributed by atoms with Crippen LogP contribution in [0, 0.1) is 10.1 Å². The van der Waals surface area contributed by atoms with Crippen LogP contribution in [0.2, 0.25) is 0 Å². The number of hydrogen-bond acceptors (Lipinski definition) is 7. The predicted molar refractivity (Wildman–Crippen MR) is 111 cm³/mol. The molecule has 0 fully saturated rings. The molecular formula is C18H16IN3O7. The average molecular weight is 513 g/mol. The minimum Gasteiger partial charge on any atom is -0.451 e. The van der Waals surface area contributed by atoms with Gasteiger partial charge in [0.05, 0.1) is 16.2 Å². The summed E-state index contributed by atoms with van der Waals surface area (Å²) < 4.78 is 10.0. The molecule has 0 saturated carbocycles. The van der Waals surface area contributed by atoms with Crippen LogP contribution in [0.5, 0.6) is 0 Å². The van der Waals surface area contributed by atoms with E-state index in [1.165, 1.54) is 36.4 Å². The summed E-state index contributed by atoms with van der Waals surface area (Å²) >= 11 is 1.88. The van der Waals surface area contributed by atoms with Crippen LogP contribution >= 0.6 is 22.6 Å². The molecule has 11 heteroatoms. The van der Waals surface area contributed by atoms with Gasteiger partial charge in [-0.05, 0) is 52.4 Å². The molecule has 0 aromatic heterocycles. The van der Waals surface area contributed by atoms with Crippen LogP contribution in [0.4, 0.5) is 16.2 Å². The minimum absolute atomic E-state index is 0.0717. The number of hydrogen-bond donors (Lipinski definition) is 2. The molecule has 0 spiro atoms. The topological polar surface area (TPSA) is 137 Å². The number of anilines is 1. The summed E-state index contributed by atoms with van der Waals surface area (Å²) in [5, 5.41) is 15.4. The number of alkyl carbamates (subject to hydrolysis) is 1. The first-order chi connectivity index (χ1) is 13.9. The van der Waals surface area contributed by atoms with E-state index in [0.717, 1.165) is 0 Å². The summed E-state index contributed by atoms with van der Waals surface area (Å²) in [5.41, 5.74) is 0.932. The number of rotatable bonds is 8. The number of esters is 1. The van der Waals surface area contributed by atoms with Gasteiger partial charge < -0.3 is 20.1 Å². The van der Waals surface area contributed by atoms with Gasteiger partial charge in [-0.1, -0.05) is 12.1 Å². The van der Waals surface area contributed by atoms with E-state index in [2.05, 4.69) is 10.6 Å². The molecule has 0 atom stereocenters. The molecule has 2 amide bonds. The summed E-state index contributed by atoms with van der Waals surface area (Å²) in [7, 11) is 0. The van der Waals surface area contributed by atoms with Crippen molar-refractivity contribution < 1.29 is 28.8 Å². The van der Waals surface area contributed by atoms with Crippen LogP contribution in [0.25, 0.3) is 0 Å². The number of nitro groups is 1. The Hall–Kier alpha value is -3.22. The van der Waals surface area contributed by atoms with E-state index >= 15 is 0 Å². The summed E-state index contributed by atoms with van der Waals surface area (Å²) in [6, 6.07) is 11.8. The van der Waals surface area contributed by atoms with Crippen molar-refractivity contribution in [2.45, 2.75) is 6.61 Å². The molecule has 0 saturated heterocycles. The molecule has 0 unspecified atom stereocenters. The third-order valence-electron chi connectivity index (χ3n) is 3.52. The summed E-state index contributed by atoms with van der Waals surface area (Å²) in [6.07, 6.45) is -0.837. The van der Waals surface area contributed by atoms with Gasteiger partial charge in [0.1, 0.15) is 17.8 Å². The van der Waals surface area contributed by atoms with Crippen LogP contribution in [0.3, 0.4) is 0 Å². The quantitative estimate of drug-likeness (QED) is 0.182. The zero-order valence-electron chi connectivity index (χ0n) is 14.9. The Kier molecular flexibility index (Phi) is 8.33. The van der Waals surface area contributed by atoms with Gasteiger partial charge in [0.2, 0.25) is 5.91 Å². The molecule has 0 heterocycles. The van der Waals surface area contributed by atoms with Crippen LogP contribution in [-0.2, 0) is 20.9 Å². The number of carbonyl (C=O) groups is 3. The van der Waals surface area contributed by atoms with E-state index in [1.54, 1.807) is 12.1 Å². The van der Waals surface area contributed by atoms with Gasteiger partial charge in [0.25, 0.3) is 5.69 Å². The molecule has 29 heavy (non-hydrogen) atoms. The number of para-hydroxylation sites is 1. The maximum Gasteiger partial charge on any atom is 0.407 e. The largest absolute Gasteiger partial charge is 0.451 e. The lowest BCUT2D eigenvalue weighted by atomic mass is 10.2. The van der Waals surface area contributed by atoms with Gasteiger partial charge >= 0.3 is 12.1 Å². The molecule has 152 valence electrons. The smallest absolute Gasteiger partial charge is 0.407 e. The zero-order valence-corrected chi connectivity index (χ0v) is 17.1. The number of halogens is 1. The molecule has 2 aromatic rings. The van der Waals surface area contributed by atoms with Crippen LogP contribution in [0.1, 0.15) is 15.9 Å². The first-order valence-corrected chi connectivity index (χ1v) is 9.69. The summed E-state index contributed by atoms with van der Waals surface area (Å²) in [6.45, 7) is -0.495. The number of non-ortho nitro benzene ring substituents is 1. The van der Waals surface area contributed by atoms with Crippen molar-refractivity contribution in [1.29, 1.82) is 0 Å². The van der Waals surface area contributed by atoms with Gasteiger partial charge in [0.15, 0.2) is 0 Å². The highest BCUT2D eigenvalue weighted by atomic mass is 127. The highest BCUT2D eigenvalue weighted by molar-refractivity contribution is 14.1. The molecule has 0 bridgehead atoms. The van der Waals surface area contributed by atoms with Crippen molar-refractivity contribution >= 4 is 51.9 Å². The van der Waals surface area contributed by atoms with Crippen LogP contribution < -0.4 is 10.6 Å². The van der Waals surface area contributed by atoms with Gasteiger partial charge in [-0.25, -0.2) is 9.59 Å². The van der Waals surface area contributed by atoms with Crippen molar-refractivity contribution in [2.24, 2.45) is 0 Å². The Labute approximate surface area is 178 Å². The van der Waals surface area contributed by atoms with E-state index in [1.807, 2.05) is 22.6 Å². The second-order valence-electron chi connectivity index (χ2n) is 5.49. The lowest BCUT2D eigenvalue weighted by Gasteiger charge is -2.11. The standard InChI is InChI=1S/C18H16IN3O7/c19-11-29-17(24)14-3-1-2-4-15(14)21-16(23)9-20-18(25)28-10-12-5-7-13(8-6-12)22(26)27/h1-8H,9-11H2,(H,20,25)(H,21,23). The van der Waals surface area contributed by atoms with Crippen LogP contribution in [0.15, 0.2) is 48.5 Å². The number of ether oxygens (including phenoxy) is 2. The number of amides is 2. The second-order valence-corrected chi connectivity index (χ2v) is 6.11. The molecular weight excluding hydrogens is 497 g/mol. The maximum absolute atomic E-state index is 12.0. The molecule has 0 aliphatic heterocycles. The third-order valence-corrected chi connectivity index (χ3v) is 3.83. The van der Waals surface area contributed by atoms with Gasteiger partial charge in [0, 0.05) is 12.1 Å². The second kappa shape index (κ2) is 10.9. The number of benzene rings is 2. The Morgan fingerprint density at radius 3 is 2.38 bits per heavy atom. The van der Waals surface area contributed by atoms with Gasteiger partial charge in [-0.15, -0.1) is 0 Å². The average Bonchev–Trinajstić information content (AvgIpc) is 2.71. The zero-order chi connectivity index (χ0) is 21.2. The third kappa shape index (κ3) is 7.03. The highest BCUT2D eigenvalue weighted by Crippen LogP contribution is 2.16. The molecule has 0 aliphatic carbocycles. The first-order valence-electron chi connectivity index (χ1n) is 8.16. The summed E-state index contributed by atoms with van der Waals surface area (Å²) in [4.78, 5) is 45.7. The van der Waals surface area contributed by atoms with E-state index in [0.29, 0.717) is 5.56 Å². The molecule has 2 rings (SSSR count). The maximum atomic E-state index is 12.0. The van der Waals surface area contributed by atoms with Crippen molar-refractivity contribution in [1.82, 2.24) is 5.32 Å². The fourth-order valence-corrected chi connectivity index (χ4v) is 2.44. The molecule has 0 aliphatic rings. The number of carbonyl (C=O) groups excluding carboxylic acids is 3. The van der Waals surface area contributed by atoms with Gasteiger partial charge in [-0.3, -0.25) is 14.9 Å².